The third kappa shape index (κ3) is 4.53. The molecule has 1 aliphatic rings. The molecule has 0 spiro atoms. The van der Waals surface area contributed by atoms with E-state index < -0.39 is 12.1 Å². The number of anilines is 1. The molecule has 0 atom stereocenters. The Hall–Kier alpha value is -2.81. The normalized spacial score (nSPS) is 13.9. The minimum atomic E-state index is -2.74. The summed E-state index contributed by atoms with van der Waals surface area (Å²) in [5, 5.41) is 10.2. The quantitative estimate of drug-likeness (QED) is 0.710. The second kappa shape index (κ2) is 9.41. The van der Waals surface area contributed by atoms with E-state index in [-0.39, 0.29) is 5.75 Å². The zero-order chi connectivity index (χ0) is 19.9. The van der Waals surface area contributed by atoms with Crippen LogP contribution in [0.5, 0.6) is 5.75 Å². The van der Waals surface area contributed by atoms with Crippen molar-refractivity contribution in [3.05, 3.63) is 36.2 Å². The minimum absolute atomic E-state index is 0.0107. The highest BCUT2D eigenvalue weighted by molar-refractivity contribution is 5.62. The van der Waals surface area contributed by atoms with Crippen LogP contribution in [0.25, 0.3) is 17.0 Å². The smallest absolute Gasteiger partial charge is 0.285 e. The maximum atomic E-state index is 13.1. The van der Waals surface area contributed by atoms with Crippen molar-refractivity contribution < 1.29 is 13.5 Å². The fourth-order valence-corrected chi connectivity index (χ4v) is 2.92. The Bertz CT molecular complexity index is 899. The Morgan fingerprint density at radius 2 is 2.00 bits per heavy atom. The average molecular weight is 390 g/mol. The second-order valence-corrected chi connectivity index (χ2v) is 6.28. The van der Waals surface area contributed by atoms with Gasteiger partial charge in [0.15, 0.2) is 17.1 Å². The molecule has 0 aromatic carbocycles. The number of methoxy groups -OCH3 is 1. The highest BCUT2D eigenvalue weighted by Crippen LogP contribution is 2.29. The largest absolute Gasteiger partial charge is 0.494 e. The third-order valence-electron chi connectivity index (χ3n) is 4.39. The van der Waals surface area contributed by atoms with E-state index in [1.807, 2.05) is 6.07 Å². The molecule has 7 nitrogen and oxygen atoms in total. The first-order chi connectivity index (χ1) is 13.6. The molecule has 0 unspecified atom stereocenters. The number of pyridine rings is 1. The van der Waals surface area contributed by atoms with Gasteiger partial charge in [0.1, 0.15) is 11.5 Å². The standard InChI is InChI=1S/C14H13F2N5O.C5H11N/c1-17-11-5-3-4-8(19-11)9-7-18-12-6-10(22-2)13(14(15)16)20-21(9)12;1-2-4-6-5-3-1/h3-7,14H,1-2H3,(H,17,19);6H,1-5H2. The van der Waals surface area contributed by atoms with E-state index in [9.17, 15) is 8.78 Å². The lowest BCUT2D eigenvalue weighted by Gasteiger charge is -2.08. The van der Waals surface area contributed by atoms with E-state index in [4.69, 9.17) is 4.74 Å². The zero-order valence-corrected chi connectivity index (χ0v) is 16.0. The SMILES string of the molecule is C1CCNCC1.CNc1cccc(-c2cnc3cc(OC)c(C(F)F)nn23)n1. The van der Waals surface area contributed by atoms with Crippen molar-refractivity contribution in [1.82, 2.24) is 24.9 Å². The van der Waals surface area contributed by atoms with E-state index in [1.54, 1.807) is 25.4 Å². The number of nitrogens with one attached hydrogen (secondary N) is 2. The van der Waals surface area contributed by atoms with Gasteiger partial charge >= 0.3 is 0 Å². The van der Waals surface area contributed by atoms with Gasteiger partial charge in [-0.3, -0.25) is 0 Å². The molecule has 4 heterocycles. The van der Waals surface area contributed by atoms with Crippen LogP contribution in [-0.4, -0.2) is 46.8 Å². The number of piperidine rings is 1. The van der Waals surface area contributed by atoms with E-state index in [0.29, 0.717) is 22.9 Å². The van der Waals surface area contributed by atoms with Gasteiger partial charge < -0.3 is 15.4 Å². The van der Waals surface area contributed by atoms with Crippen LogP contribution in [0.15, 0.2) is 30.5 Å². The fourth-order valence-electron chi connectivity index (χ4n) is 2.92. The van der Waals surface area contributed by atoms with Gasteiger partial charge in [0.05, 0.1) is 19.0 Å². The molecule has 3 aromatic rings. The Labute approximate surface area is 162 Å². The van der Waals surface area contributed by atoms with Crippen LogP contribution in [0.2, 0.25) is 0 Å². The molecule has 1 fully saturated rings. The average Bonchev–Trinajstić information content (AvgIpc) is 3.17. The molecule has 0 amide bonds. The Kier molecular flexibility index (Phi) is 6.70. The molecular formula is C19H24F2N6O. The molecule has 2 N–H and O–H groups in total. The predicted octanol–water partition coefficient (Wildman–Crippen LogP) is 3.54. The summed E-state index contributed by atoms with van der Waals surface area (Å²) in [6, 6.07) is 6.80. The number of ether oxygens (including phenoxy) is 1. The lowest BCUT2D eigenvalue weighted by molar-refractivity contribution is 0.139. The zero-order valence-electron chi connectivity index (χ0n) is 16.0. The van der Waals surface area contributed by atoms with Gasteiger partial charge in [0, 0.05) is 13.1 Å². The van der Waals surface area contributed by atoms with Crippen molar-refractivity contribution in [3.8, 4) is 17.1 Å². The maximum Gasteiger partial charge on any atom is 0.285 e. The lowest BCUT2D eigenvalue weighted by Crippen LogP contribution is -2.21. The molecular weight excluding hydrogens is 366 g/mol. The summed E-state index contributed by atoms with van der Waals surface area (Å²) in [5.74, 6) is 0.673. The molecule has 0 radical (unpaired) electrons. The minimum Gasteiger partial charge on any atom is -0.494 e. The molecule has 150 valence electrons. The molecule has 1 aliphatic heterocycles. The Morgan fingerprint density at radius 1 is 1.21 bits per heavy atom. The summed E-state index contributed by atoms with van der Waals surface area (Å²) >= 11 is 0. The van der Waals surface area contributed by atoms with Gasteiger partial charge in [0.2, 0.25) is 0 Å². The molecule has 9 heteroatoms. The van der Waals surface area contributed by atoms with E-state index in [0.717, 1.165) is 0 Å². The molecule has 0 bridgehead atoms. The number of hydrogen-bond donors (Lipinski definition) is 2. The van der Waals surface area contributed by atoms with Crippen LogP contribution in [0.1, 0.15) is 31.4 Å². The van der Waals surface area contributed by atoms with E-state index in [1.165, 1.54) is 50.0 Å². The van der Waals surface area contributed by atoms with Crippen molar-refractivity contribution >= 4 is 11.5 Å². The number of rotatable bonds is 4. The highest BCUT2D eigenvalue weighted by atomic mass is 19.3. The maximum absolute atomic E-state index is 13.1. The fraction of sp³-hybridized carbons (Fsp3) is 0.421. The number of alkyl halides is 2. The predicted molar refractivity (Wildman–Crippen MR) is 104 cm³/mol. The highest BCUT2D eigenvalue weighted by Gasteiger charge is 2.20. The van der Waals surface area contributed by atoms with Gasteiger partial charge in [0.25, 0.3) is 6.43 Å². The summed E-state index contributed by atoms with van der Waals surface area (Å²) in [5.41, 5.74) is 1.08. The van der Waals surface area contributed by atoms with Crippen LogP contribution < -0.4 is 15.4 Å². The Balaban J connectivity index is 0.000000320. The Morgan fingerprint density at radius 3 is 2.57 bits per heavy atom. The molecule has 0 aliphatic carbocycles. The lowest BCUT2D eigenvalue weighted by atomic mass is 10.2. The van der Waals surface area contributed by atoms with Crippen molar-refractivity contribution in [2.45, 2.75) is 25.7 Å². The molecule has 28 heavy (non-hydrogen) atoms. The third-order valence-corrected chi connectivity index (χ3v) is 4.39. The van der Waals surface area contributed by atoms with Crippen LogP contribution in [0.4, 0.5) is 14.6 Å². The van der Waals surface area contributed by atoms with Crippen molar-refractivity contribution in [3.63, 3.8) is 0 Å². The van der Waals surface area contributed by atoms with E-state index >= 15 is 0 Å². The van der Waals surface area contributed by atoms with Crippen LogP contribution in [0.3, 0.4) is 0 Å². The van der Waals surface area contributed by atoms with Crippen molar-refractivity contribution in [2.75, 3.05) is 32.6 Å². The molecule has 4 rings (SSSR count). The van der Waals surface area contributed by atoms with Gasteiger partial charge in [-0.2, -0.15) is 5.10 Å². The molecule has 3 aromatic heterocycles. The first-order valence-electron chi connectivity index (χ1n) is 9.20. The summed E-state index contributed by atoms with van der Waals surface area (Å²) in [4.78, 5) is 8.54. The monoisotopic (exact) mass is 390 g/mol. The first-order valence-corrected chi connectivity index (χ1v) is 9.20. The number of halogens is 2. The first kappa shape index (κ1) is 19.9. The number of fused-ring (bicyclic) bond motifs is 1. The van der Waals surface area contributed by atoms with Gasteiger partial charge in [-0.05, 0) is 38.1 Å². The molecule has 0 saturated carbocycles. The van der Waals surface area contributed by atoms with Crippen LogP contribution in [0, 0.1) is 0 Å². The number of hydrogen-bond acceptors (Lipinski definition) is 6. The number of imidazole rings is 1. The van der Waals surface area contributed by atoms with Gasteiger partial charge in [-0.1, -0.05) is 12.5 Å². The van der Waals surface area contributed by atoms with Crippen LogP contribution >= 0.6 is 0 Å². The topological polar surface area (TPSA) is 76.4 Å². The van der Waals surface area contributed by atoms with Crippen LogP contribution in [-0.2, 0) is 0 Å². The summed E-state index contributed by atoms with van der Waals surface area (Å²) in [6.07, 6.45) is 3.01. The number of nitrogens with zero attached hydrogens (tertiary/aromatic N) is 4. The second-order valence-electron chi connectivity index (χ2n) is 6.28. The summed E-state index contributed by atoms with van der Waals surface area (Å²) in [7, 11) is 3.07. The molecule has 1 saturated heterocycles. The summed E-state index contributed by atoms with van der Waals surface area (Å²) < 4.78 is 32.5. The van der Waals surface area contributed by atoms with E-state index in [2.05, 4.69) is 25.7 Å². The van der Waals surface area contributed by atoms with Crippen molar-refractivity contribution in [2.24, 2.45) is 0 Å². The van der Waals surface area contributed by atoms with Gasteiger partial charge in [-0.25, -0.2) is 23.3 Å². The summed E-state index contributed by atoms with van der Waals surface area (Å²) in [6.45, 7) is 2.50. The van der Waals surface area contributed by atoms with Crippen molar-refractivity contribution in [1.29, 1.82) is 0 Å². The van der Waals surface area contributed by atoms with Gasteiger partial charge in [-0.15, -0.1) is 0 Å². The number of aromatic nitrogens is 4.